The van der Waals surface area contributed by atoms with Crippen LogP contribution >= 0.6 is 0 Å². The number of carbonyl (C=O) groups is 1. The Morgan fingerprint density at radius 2 is 2.50 bits per heavy atom. The average Bonchev–Trinajstić information content (AvgIpc) is 1.64. The first kappa shape index (κ1) is 5.35. The molecule has 2 nitrogen and oxygen atoms in total. The monoisotopic (exact) mass is 112 g/mol. The van der Waals surface area contributed by atoms with Gasteiger partial charge in [-0.1, -0.05) is 6.08 Å². The third-order valence-electron chi connectivity index (χ3n) is 1.06. The van der Waals surface area contributed by atoms with E-state index in [0.29, 0.717) is 6.42 Å². The molecule has 0 spiro atoms. The Bertz CT molecular complexity index is 118. The molecule has 0 saturated carbocycles. The summed E-state index contributed by atoms with van der Waals surface area (Å²) in [5.74, 6) is -0.0897. The molecule has 8 heavy (non-hydrogen) atoms. The maximum atomic E-state index is 10.1. The van der Waals surface area contributed by atoms with Crippen molar-refractivity contribution in [3.05, 3.63) is 12.2 Å². The fourth-order valence-electron chi connectivity index (χ4n) is 0.645. The minimum atomic E-state index is -0.0897. The van der Waals surface area contributed by atoms with Gasteiger partial charge >= 0.3 is 5.97 Å². The molecule has 0 aromatic rings. The first-order valence-electron chi connectivity index (χ1n) is 2.65. The molecule has 0 amide bonds. The van der Waals surface area contributed by atoms with Crippen LogP contribution in [-0.4, -0.2) is 12.1 Å². The Morgan fingerprint density at radius 1 is 1.88 bits per heavy atom. The Labute approximate surface area is 48.1 Å². The third-order valence-corrected chi connectivity index (χ3v) is 1.06. The number of ether oxygens (including phenoxy) is 1. The zero-order chi connectivity index (χ0) is 5.98. The number of hydrogen-bond acceptors (Lipinski definition) is 2. The van der Waals surface area contributed by atoms with Crippen LogP contribution in [0.3, 0.4) is 0 Å². The highest BCUT2D eigenvalue weighted by Gasteiger charge is 2.24. The molecule has 1 unspecified atom stereocenters. The standard InChI is InChI=1S/C6H8O2/c1-2-3-5-4-6(7)8-5/h2-3,5H,4H2,1H3/b3-2+. The second-order valence-corrected chi connectivity index (χ2v) is 1.76. The van der Waals surface area contributed by atoms with Crippen molar-refractivity contribution in [2.75, 3.05) is 0 Å². The van der Waals surface area contributed by atoms with Crippen molar-refractivity contribution in [2.45, 2.75) is 19.4 Å². The smallest absolute Gasteiger partial charge is 0.310 e. The van der Waals surface area contributed by atoms with E-state index in [1.165, 1.54) is 0 Å². The maximum absolute atomic E-state index is 10.1. The zero-order valence-electron chi connectivity index (χ0n) is 4.76. The zero-order valence-corrected chi connectivity index (χ0v) is 4.76. The lowest BCUT2D eigenvalue weighted by molar-refractivity contribution is -0.164. The lowest BCUT2D eigenvalue weighted by Crippen LogP contribution is -2.30. The van der Waals surface area contributed by atoms with Gasteiger partial charge in [-0.25, -0.2) is 0 Å². The molecule has 44 valence electrons. The van der Waals surface area contributed by atoms with E-state index in [4.69, 9.17) is 0 Å². The normalized spacial score (nSPS) is 27.6. The van der Waals surface area contributed by atoms with E-state index in [0.717, 1.165) is 0 Å². The van der Waals surface area contributed by atoms with Crippen molar-refractivity contribution in [1.82, 2.24) is 0 Å². The summed E-state index contributed by atoms with van der Waals surface area (Å²) in [7, 11) is 0. The van der Waals surface area contributed by atoms with Gasteiger partial charge in [0.1, 0.15) is 6.10 Å². The highest BCUT2D eigenvalue weighted by atomic mass is 16.6. The van der Waals surface area contributed by atoms with E-state index in [2.05, 4.69) is 4.74 Å². The summed E-state index contributed by atoms with van der Waals surface area (Å²) < 4.78 is 4.65. The molecular weight excluding hydrogens is 104 g/mol. The SMILES string of the molecule is C/C=C/C1CC(=O)O1. The summed E-state index contributed by atoms with van der Waals surface area (Å²) in [5.41, 5.74) is 0. The van der Waals surface area contributed by atoms with Crippen LogP contribution in [0.25, 0.3) is 0 Å². The van der Waals surface area contributed by atoms with Crippen LogP contribution in [0.5, 0.6) is 0 Å². The summed E-state index contributed by atoms with van der Waals surface area (Å²) in [5, 5.41) is 0. The largest absolute Gasteiger partial charge is 0.457 e. The van der Waals surface area contributed by atoms with Crippen molar-refractivity contribution in [3.8, 4) is 0 Å². The van der Waals surface area contributed by atoms with Crippen LogP contribution < -0.4 is 0 Å². The van der Waals surface area contributed by atoms with Crippen LogP contribution in [-0.2, 0) is 9.53 Å². The second kappa shape index (κ2) is 1.99. The van der Waals surface area contributed by atoms with Crippen LogP contribution in [0.15, 0.2) is 12.2 Å². The molecular formula is C6H8O2. The molecule has 0 bridgehead atoms. The predicted octanol–water partition coefficient (Wildman–Crippen LogP) is 0.878. The minimum Gasteiger partial charge on any atom is -0.457 e. The molecule has 0 radical (unpaired) electrons. The first-order chi connectivity index (χ1) is 3.83. The average molecular weight is 112 g/mol. The molecule has 1 aliphatic heterocycles. The quantitative estimate of drug-likeness (QED) is 0.371. The lowest BCUT2D eigenvalue weighted by Gasteiger charge is -2.21. The van der Waals surface area contributed by atoms with E-state index in [9.17, 15) is 4.79 Å². The predicted molar refractivity (Wildman–Crippen MR) is 29.3 cm³/mol. The van der Waals surface area contributed by atoms with Crippen LogP contribution in [0.1, 0.15) is 13.3 Å². The topological polar surface area (TPSA) is 26.3 Å². The summed E-state index contributed by atoms with van der Waals surface area (Å²) in [6.07, 6.45) is 4.40. The third kappa shape index (κ3) is 0.886. The highest BCUT2D eigenvalue weighted by molar-refractivity contribution is 5.75. The number of esters is 1. The number of carbonyl (C=O) groups excluding carboxylic acids is 1. The van der Waals surface area contributed by atoms with Gasteiger partial charge in [0.15, 0.2) is 0 Å². The fourth-order valence-corrected chi connectivity index (χ4v) is 0.645. The van der Waals surface area contributed by atoms with Crippen LogP contribution in [0, 0.1) is 0 Å². The molecule has 0 aromatic heterocycles. The van der Waals surface area contributed by atoms with Gasteiger partial charge in [-0.05, 0) is 13.0 Å². The number of allylic oxidation sites excluding steroid dienone is 1. The van der Waals surface area contributed by atoms with Gasteiger partial charge in [0, 0.05) is 0 Å². The number of hydrogen-bond donors (Lipinski definition) is 0. The first-order valence-corrected chi connectivity index (χ1v) is 2.65. The van der Waals surface area contributed by atoms with Gasteiger partial charge in [-0.15, -0.1) is 0 Å². The van der Waals surface area contributed by atoms with Crippen LogP contribution in [0.2, 0.25) is 0 Å². The fraction of sp³-hybridized carbons (Fsp3) is 0.500. The summed E-state index contributed by atoms with van der Waals surface area (Å²) in [4.78, 5) is 10.1. The molecule has 1 heterocycles. The van der Waals surface area contributed by atoms with Gasteiger partial charge in [0.2, 0.25) is 0 Å². The van der Waals surface area contributed by atoms with Gasteiger partial charge in [0.05, 0.1) is 6.42 Å². The Kier molecular flexibility index (Phi) is 1.33. The van der Waals surface area contributed by atoms with Crippen molar-refractivity contribution in [2.24, 2.45) is 0 Å². The van der Waals surface area contributed by atoms with Gasteiger partial charge in [0.25, 0.3) is 0 Å². The molecule has 1 saturated heterocycles. The van der Waals surface area contributed by atoms with Crippen molar-refractivity contribution < 1.29 is 9.53 Å². The van der Waals surface area contributed by atoms with Crippen molar-refractivity contribution in [1.29, 1.82) is 0 Å². The van der Waals surface area contributed by atoms with Gasteiger partial charge < -0.3 is 4.74 Å². The van der Waals surface area contributed by atoms with E-state index in [-0.39, 0.29) is 12.1 Å². The molecule has 1 rings (SSSR count). The van der Waals surface area contributed by atoms with Crippen molar-refractivity contribution >= 4 is 5.97 Å². The Balaban J connectivity index is 2.25. The minimum absolute atomic E-state index is 0.0764. The lowest BCUT2D eigenvalue weighted by atomic mass is 10.2. The molecule has 2 heteroatoms. The number of cyclic esters (lactones) is 1. The molecule has 0 aromatic carbocycles. The molecule has 0 aliphatic carbocycles. The Hall–Kier alpha value is -0.790. The van der Waals surface area contributed by atoms with Gasteiger partial charge in [-0.2, -0.15) is 0 Å². The van der Waals surface area contributed by atoms with Crippen LogP contribution in [0.4, 0.5) is 0 Å². The summed E-state index contributed by atoms with van der Waals surface area (Å²) in [6.45, 7) is 1.91. The molecule has 1 atom stereocenters. The molecule has 0 N–H and O–H groups in total. The van der Waals surface area contributed by atoms with E-state index in [1.807, 2.05) is 19.1 Å². The number of rotatable bonds is 1. The second-order valence-electron chi connectivity index (χ2n) is 1.76. The molecule has 1 aliphatic rings. The summed E-state index contributed by atoms with van der Waals surface area (Å²) in [6, 6.07) is 0. The van der Waals surface area contributed by atoms with Crippen molar-refractivity contribution in [3.63, 3.8) is 0 Å². The van der Waals surface area contributed by atoms with Gasteiger partial charge in [-0.3, -0.25) is 4.79 Å². The maximum Gasteiger partial charge on any atom is 0.310 e. The highest BCUT2D eigenvalue weighted by Crippen LogP contribution is 2.13. The van der Waals surface area contributed by atoms with E-state index in [1.54, 1.807) is 0 Å². The Morgan fingerprint density at radius 3 is 2.88 bits per heavy atom. The van der Waals surface area contributed by atoms with E-state index >= 15 is 0 Å². The summed E-state index contributed by atoms with van der Waals surface area (Å²) >= 11 is 0. The van der Waals surface area contributed by atoms with E-state index < -0.39 is 0 Å². The molecule has 1 fully saturated rings.